The van der Waals surface area contributed by atoms with Crippen LogP contribution in [0.1, 0.15) is 15.9 Å². The van der Waals surface area contributed by atoms with Crippen LogP contribution in [0.25, 0.3) is 0 Å². The Morgan fingerprint density at radius 3 is 2.62 bits per heavy atom. The van der Waals surface area contributed by atoms with Gasteiger partial charge in [0.05, 0.1) is 16.2 Å². The molecule has 7 heteroatoms. The smallest absolute Gasteiger partial charge is 0.337 e. The highest BCUT2D eigenvalue weighted by Gasteiger charge is 2.10. The normalized spacial score (nSPS) is 10.7. The van der Waals surface area contributed by atoms with Crippen molar-refractivity contribution in [3.05, 3.63) is 63.7 Å². The van der Waals surface area contributed by atoms with Crippen LogP contribution in [0.15, 0.2) is 47.5 Å². The highest BCUT2D eigenvalue weighted by molar-refractivity contribution is 5.95. The van der Waals surface area contributed by atoms with E-state index in [4.69, 9.17) is 5.11 Å². The van der Waals surface area contributed by atoms with E-state index in [-0.39, 0.29) is 28.3 Å². The maximum atomic E-state index is 11.0. The van der Waals surface area contributed by atoms with Crippen molar-refractivity contribution in [2.45, 2.75) is 0 Å². The van der Waals surface area contributed by atoms with Crippen molar-refractivity contribution in [2.75, 3.05) is 0 Å². The van der Waals surface area contributed by atoms with E-state index >= 15 is 0 Å². The number of rotatable bonds is 4. The molecule has 0 saturated carbocycles. The summed E-state index contributed by atoms with van der Waals surface area (Å²) < 4.78 is 0. The van der Waals surface area contributed by atoms with Crippen LogP contribution < -0.4 is 0 Å². The van der Waals surface area contributed by atoms with Gasteiger partial charge in [-0.2, -0.15) is 0 Å². The van der Waals surface area contributed by atoms with E-state index in [0.29, 0.717) is 0 Å². The molecule has 0 amide bonds. The topological polar surface area (TPSA) is 113 Å². The maximum Gasteiger partial charge on any atom is 0.337 e. The molecule has 2 rings (SSSR count). The fourth-order valence-electron chi connectivity index (χ4n) is 1.67. The molecular weight excluding hydrogens is 276 g/mol. The summed E-state index contributed by atoms with van der Waals surface area (Å²) in [6.07, 6.45) is 1.18. The van der Waals surface area contributed by atoms with Crippen LogP contribution in [0, 0.1) is 10.1 Å². The first kappa shape index (κ1) is 14.2. The molecule has 2 N–H and O–H groups in total. The quantitative estimate of drug-likeness (QED) is 0.509. The molecule has 0 bridgehead atoms. The molecule has 106 valence electrons. The Bertz CT molecular complexity index is 740. The van der Waals surface area contributed by atoms with Crippen LogP contribution in [0.4, 0.5) is 11.4 Å². The largest absolute Gasteiger partial charge is 0.507 e. The number of carbonyl (C=O) groups is 1. The van der Waals surface area contributed by atoms with Crippen molar-refractivity contribution < 1.29 is 19.9 Å². The van der Waals surface area contributed by atoms with E-state index in [2.05, 4.69) is 4.99 Å². The lowest BCUT2D eigenvalue weighted by Gasteiger charge is -2.01. The van der Waals surface area contributed by atoms with Gasteiger partial charge in [0.1, 0.15) is 5.75 Å². The lowest BCUT2D eigenvalue weighted by molar-refractivity contribution is -0.384. The predicted molar refractivity (Wildman–Crippen MR) is 75.4 cm³/mol. The Kier molecular flexibility index (Phi) is 3.94. The number of hydrogen-bond acceptors (Lipinski definition) is 5. The number of carboxylic acid groups (broad SMARTS) is 1. The number of nitrogens with zero attached hydrogens (tertiary/aromatic N) is 2. The van der Waals surface area contributed by atoms with Crippen molar-refractivity contribution in [2.24, 2.45) is 4.99 Å². The number of nitro benzene ring substituents is 1. The maximum absolute atomic E-state index is 11.0. The van der Waals surface area contributed by atoms with E-state index in [0.717, 1.165) is 12.1 Å². The molecule has 0 fully saturated rings. The van der Waals surface area contributed by atoms with Crippen molar-refractivity contribution in [3.8, 4) is 5.75 Å². The molecule has 21 heavy (non-hydrogen) atoms. The summed E-state index contributed by atoms with van der Waals surface area (Å²) in [6.45, 7) is 0. The number of carboxylic acids is 1. The predicted octanol–water partition coefficient (Wildman–Crippen LogP) is 2.75. The molecule has 0 aliphatic rings. The van der Waals surface area contributed by atoms with Gasteiger partial charge < -0.3 is 10.2 Å². The van der Waals surface area contributed by atoms with Crippen LogP contribution in [-0.2, 0) is 0 Å². The summed E-state index contributed by atoms with van der Waals surface area (Å²) in [7, 11) is 0. The van der Waals surface area contributed by atoms with Gasteiger partial charge in [-0.05, 0) is 18.2 Å². The third-order valence-corrected chi connectivity index (χ3v) is 2.70. The standard InChI is InChI=1S/C14H10N2O5/c17-13-6-5-10(16(20)21)7-9(13)8-15-12-4-2-1-3-11(12)14(18)19/h1-8,17H,(H,18,19). The van der Waals surface area contributed by atoms with Gasteiger partial charge in [-0.25, -0.2) is 4.79 Å². The molecule has 0 saturated heterocycles. The second-order valence-corrected chi connectivity index (χ2v) is 4.08. The Morgan fingerprint density at radius 1 is 1.24 bits per heavy atom. The first-order valence-electron chi connectivity index (χ1n) is 5.83. The van der Waals surface area contributed by atoms with Crippen LogP contribution >= 0.6 is 0 Å². The molecule has 7 nitrogen and oxygen atoms in total. The van der Waals surface area contributed by atoms with Gasteiger partial charge in [-0.15, -0.1) is 0 Å². The van der Waals surface area contributed by atoms with Gasteiger partial charge in [0.25, 0.3) is 5.69 Å². The van der Waals surface area contributed by atoms with Crippen LogP contribution in [0.5, 0.6) is 5.75 Å². The van der Waals surface area contributed by atoms with E-state index in [1.807, 2.05) is 0 Å². The number of para-hydroxylation sites is 1. The lowest BCUT2D eigenvalue weighted by Crippen LogP contribution is -1.96. The summed E-state index contributed by atoms with van der Waals surface area (Å²) in [5.41, 5.74) is 0.125. The molecule has 2 aromatic carbocycles. The Hall–Kier alpha value is -3.22. The number of aliphatic imine (C=N–C) groups is 1. The van der Waals surface area contributed by atoms with Gasteiger partial charge >= 0.3 is 5.97 Å². The number of aromatic carboxylic acids is 1. The Morgan fingerprint density at radius 2 is 1.95 bits per heavy atom. The van der Waals surface area contributed by atoms with E-state index in [9.17, 15) is 20.0 Å². The highest BCUT2D eigenvalue weighted by Crippen LogP contribution is 2.23. The van der Waals surface area contributed by atoms with E-state index in [1.54, 1.807) is 12.1 Å². The minimum Gasteiger partial charge on any atom is -0.507 e. The van der Waals surface area contributed by atoms with E-state index < -0.39 is 10.9 Å². The summed E-state index contributed by atoms with van der Waals surface area (Å²) >= 11 is 0. The van der Waals surface area contributed by atoms with Gasteiger partial charge in [0.15, 0.2) is 0 Å². The van der Waals surface area contributed by atoms with Gasteiger partial charge in [-0.3, -0.25) is 15.1 Å². The highest BCUT2D eigenvalue weighted by atomic mass is 16.6. The number of non-ortho nitro benzene ring substituents is 1. The molecular formula is C14H10N2O5. The number of benzene rings is 2. The average Bonchev–Trinajstić information content (AvgIpc) is 2.46. The van der Waals surface area contributed by atoms with E-state index in [1.165, 1.54) is 24.4 Å². The number of aromatic hydroxyl groups is 1. The van der Waals surface area contributed by atoms with Crippen LogP contribution in [0.2, 0.25) is 0 Å². The molecule has 0 atom stereocenters. The molecule has 0 unspecified atom stereocenters. The summed E-state index contributed by atoms with van der Waals surface area (Å²) in [5.74, 6) is -1.32. The first-order valence-corrected chi connectivity index (χ1v) is 5.83. The third-order valence-electron chi connectivity index (χ3n) is 2.70. The number of hydrogen-bond donors (Lipinski definition) is 2. The number of phenolic OH excluding ortho intramolecular Hbond substituents is 1. The molecule has 0 aromatic heterocycles. The Balaban J connectivity index is 2.40. The van der Waals surface area contributed by atoms with Crippen molar-refractivity contribution in [1.29, 1.82) is 0 Å². The summed E-state index contributed by atoms with van der Waals surface area (Å²) in [4.78, 5) is 25.1. The molecule has 2 aromatic rings. The first-order chi connectivity index (χ1) is 9.99. The zero-order valence-corrected chi connectivity index (χ0v) is 10.6. The van der Waals surface area contributed by atoms with Gasteiger partial charge in [0, 0.05) is 23.9 Å². The zero-order valence-electron chi connectivity index (χ0n) is 10.6. The fourth-order valence-corrected chi connectivity index (χ4v) is 1.67. The summed E-state index contributed by atoms with van der Waals surface area (Å²) in [5, 5.41) is 29.3. The minimum absolute atomic E-state index is 0.00123. The van der Waals surface area contributed by atoms with Crippen LogP contribution in [0.3, 0.4) is 0 Å². The summed E-state index contributed by atoms with van der Waals surface area (Å²) in [6, 6.07) is 9.57. The molecule has 0 radical (unpaired) electrons. The molecule has 0 heterocycles. The van der Waals surface area contributed by atoms with Crippen molar-refractivity contribution in [1.82, 2.24) is 0 Å². The zero-order chi connectivity index (χ0) is 15.4. The van der Waals surface area contributed by atoms with Crippen molar-refractivity contribution >= 4 is 23.6 Å². The number of phenols is 1. The monoisotopic (exact) mass is 286 g/mol. The average molecular weight is 286 g/mol. The SMILES string of the molecule is O=C(O)c1ccccc1N=Cc1cc([N+](=O)[O-])ccc1O. The third kappa shape index (κ3) is 3.21. The van der Waals surface area contributed by atoms with Crippen molar-refractivity contribution in [3.63, 3.8) is 0 Å². The molecule has 0 spiro atoms. The fraction of sp³-hybridized carbons (Fsp3) is 0. The van der Waals surface area contributed by atoms with Gasteiger partial charge in [0.2, 0.25) is 0 Å². The van der Waals surface area contributed by atoms with Gasteiger partial charge in [-0.1, -0.05) is 12.1 Å². The second kappa shape index (κ2) is 5.83. The lowest BCUT2D eigenvalue weighted by atomic mass is 10.1. The number of nitro groups is 1. The minimum atomic E-state index is -1.13. The molecule has 0 aliphatic heterocycles. The Labute approximate surface area is 119 Å². The second-order valence-electron chi connectivity index (χ2n) is 4.08. The van der Waals surface area contributed by atoms with Crippen LogP contribution in [-0.4, -0.2) is 27.3 Å². The molecule has 0 aliphatic carbocycles.